The van der Waals surface area contributed by atoms with Crippen LogP contribution in [0, 0.1) is 15.5 Å². The summed E-state index contributed by atoms with van der Waals surface area (Å²) in [5, 5.41) is 18.5. The number of rotatable bonds is 1. The average Bonchev–Trinajstić information content (AvgIpc) is 2.15. The molecule has 15 heavy (non-hydrogen) atoms. The van der Waals surface area contributed by atoms with Crippen molar-refractivity contribution in [3.63, 3.8) is 0 Å². The normalized spacial score (nSPS) is 10.8. The quantitative estimate of drug-likeness (QED) is 0.413. The van der Waals surface area contributed by atoms with Gasteiger partial charge in [-0.25, -0.2) is 0 Å². The van der Waals surface area contributed by atoms with E-state index >= 15 is 0 Å². The molecule has 0 heterocycles. The zero-order valence-corrected chi connectivity index (χ0v) is 7.02. The Labute approximate surface area is 80.9 Å². The second kappa shape index (κ2) is 3.53. The molecule has 0 bridgehead atoms. The van der Waals surface area contributed by atoms with Crippen molar-refractivity contribution < 1.29 is 18.1 Å². The van der Waals surface area contributed by atoms with E-state index in [4.69, 9.17) is 5.39 Å². The number of alkyl halides is 3. The summed E-state index contributed by atoms with van der Waals surface area (Å²) in [6.07, 6.45) is -4.80. The molecule has 0 atom stereocenters. The Morgan fingerprint density at radius 2 is 2.00 bits per heavy atom. The maximum atomic E-state index is 12.3. The smallest absolute Gasteiger partial charge is 0.258 e. The van der Waals surface area contributed by atoms with E-state index in [1.54, 1.807) is 0 Å². The monoisotopic (exact) mass is 218 g/mol. The number of benzene rings is 1. The summed E-state index contributed by atoms with van der Waals surface area (Å²) < 4.78 is 36.9. The van der Waals surface area contributed by atoms with Crippen LogP contribution in [-0.2, 0) is 6.18 Å². The first-order valence-corrected chi connectivity index (χ1v) is 3.57. The fourth-order valence-electron chi connectivity index (χ4n) is 0.952. The second-order valence-corrected chi connectivity index (χ2v) is 2.56. The zero-order chi connectivity index (χ0) is 11.6. The van der Waals surface area contributed by atoms with Gasteiger partial charge in [-0.1, -0.05) is 0 Å². The fourth-order valence-corrected chi connectivity index (χ4v) is 0.952. The van der Waals surface area contributed by atoms with Gasteiger partial charge in [-0.05, 0) is 0 Å². The van der Waals surface area contributed by atoms with Gasteiger partial charge in [-0.2, -0.15) is 13.2 Å². The number of halogens is 3. The molecule has 0 amide bonds. The molecule has 0 unspecified atom stereocenters. The summed E-state index contributed by atoms with van der Waals surface area (Å²) in [5.41, 5.74) is -2.82. The molecular formula is C7H3F3N3O2+. The Kier molecular flexibility index (Phi) is 2.57. The first-order chi connectivity index (χ1) is 6.86. The van der Waals surface area contributed by atoms with Gasteiger partial charge in [0.2, 0.25) is 5.39 Å². The molecule has 0 aliphatic heterocycles. The van der Waals surface area contributed by atoms with Crippen molar-refractivity contribution in [2.24, 2.45) is 0 Å². The Hall–Kier alpha value is -2.17. The molecule has 5 nitrogen and oxygen atoms in total. The van der Waals surface area contributed by atoms with Crippen molar-refractivity contribution in [2.45, 2.75) is 6.18 Å². The van der Waals surface area contributed by atoms with Crippen molar-refractivity contribution >= 4 is 11.4 Å². The topological polar surface area (TPSA) is 71.3 Å². The molecule has 0 radical (unpaired) electrons. The van der Waals surface area contributed by atoms with Gasteiger partial charge < -0.3 is 0 Å². The summed E-state index contributed by atoms with van der Waals surface area (Å²) in [5.74, 6) is 0. The fraction of sp³-hybridized carbons (Fsp3) is 0.143. The Bertz CT molecular complexity index is 450. The first kappa shape index (κ1) is 10.9. The summed E-state index contributed by atoms with van der Waals surface area (Å²) in [6, 6.07) is 1.86. The minimum absolute atomic E-state index is 0.315. The lowest BCUT2D eigenvalue weighted by atomic mass is 10.1. The number of hydrogen-bond acceptors (Lipinski definition) is 3. The highest BCUT2D eigenvalue weighted by Gasteiger charge is 2.40. The molecule has 0 aliphatic rings. The molecule has 0 saturated carbocycles. The highest BCUT2D eigenvalue weighted by molar-refractivity contribution is 5.57. The molecule has 0 aliphatic carbocycles. The number of non-ortho nitro benzene ring substituents is 1. The van der Waals surface area contributed by atoms with E-state index in [1.165, 1.54) is 0 Å². The van der Waals surface area contributed by atoms with Crippen molar-refractivity contribution in [3.05, 3.63) is 38.9 Å². The average molecular weight is 218 g/mol. The summed E-state index contributed by atoms with van der Waals surface area (Å²) in [6.45, 7) is 0. The van der Waals surface area contributed by atoms with Gasteiger partial charge in [0, 0.05) is 18.2 Å². The number of diazo groups is 1. The Balaban J connectivity index is 3.40. The molecule has 0 aromatic heterocycles. The van der Waals surface area contributed by atoms with Crippen molar-refractivity contribution in [1.29, 1.82) is 5.39 Å². The Morgan fingerprint density at radius 1 is 1.40 bits per heavy atom. The van der Waals surface area contributed by atoms with Crippen LogP contribution in [0.1, 0.15) is 5.56 Å². The zero-order valence-electron chi connectivity index (χ0n) is 7.02. The number of nitro groups is 1. The van der Waals surface area contributed by atoms with Crippen LogP contribution < -0.4 is 0 Å². The van der Waals surface area contributed by atoms with E-state index in [1.807, 2.05) is 0 Å². The largest absolute Gasteiger partial charge is 0.424 e. The highest BCUT2D eigenvalue weighted by Crippen LogP contribution is 2.38. The van der Waals surface area contributed by atoms with Gasteiger partial charge in [0.25, 0.3) is 5.69 Å². The minimum Gasteiger partial charge on any atom is -0.258 e. The van der Waals surface area contributed by atoms with E-state index in [9.17, 15) is 23.3 Å². The van der Waals surface area contributed by atoms with Crippen molar-refractivity contribution in [1.82, 2.24) is 0 Å². The molecule has 0 saturated heterocycles. The molecule has 1 rings (SSSR count). The molecule has 0 spiro atoms. The van der Waals surface area contributed by atoms with E-state index in [0.29, 0.717) is 6.07 Å². The summed E-state index contributed by atoms with van der Waals surface area (Å²) >= 11 is 0. The van der Waals surface area contributed by atoms with Crippen molar-refractivity contribution in [3.8, 4) is 0 Å². The predicted octanol–water partition coefficient (Wildman–Crippen LogP) is 3.10. The molecular weight excluding hydrogens is 215 g/mol. The number of nitro benzene ring substituents is 1. The first-order valence-electron chi connectivity index (χ1n) is 3.57. The van der Waals surface area contributed by atoms with E-state index in [0.717, 1.165) is 12.1 Å². The van der Waals surface area contributed by atoms with Gasteiger partial charge >= 0.3 is 11.9 Å². The maximum absolute atomic E-state index is 12.3. The molecule has 78 valence electrons. The second-order valence-electron chi connectivity index (χ2n) is 2.56. The third kappa shape index (κ3) is 2.19. The van der Waals surface area contributed by atoms with Crippen molar-refractivity contribution in [2.75, 3.05) is 0 Å². The third-order valence-electron chi connectivity index (χ3n) is 1.60. The molecule has 1 aromatic carbocycles. The molecule has 0 N–H and O–H groups in total. The van der Waals surface area contributed by atoms with Gasteiger partial charge in [-0.3, -0.25) is 10.1 Å². The molecule has 8 heteroatoms. The molecule has 1 aromatic rings. The van der Waals surface area contributed by atoms with Gasteiger partial charge in [0.05, 0.1) is 4.92 Å². The predicted molar refractivity (Wildman–Crippen MR) is 42.8 cm³/mol. The van der Waals surface area contributed by atoms with Crippen LogP contribution in [0.3, 0.4) is 0 Å². The number of nitrogens with zero attached hydrogens (tertiary/aromatic N) is 3. The highest BCUT2D eigenvalue weighted by atomic mass is 19.4. The Morgan fingerprint density at radius 3 is 2.40 bits per heavy atom. The van der Waals surface area contributed by atoms with Crippen LogP contribution >= 0.6 is 0 Å². The number of hydrogen-bond donors (Lipinski definition) is 0. The van der Waals surface area contributed by atoms with Gasteiger partial charge in [0.1, 0.15) is 0 Å². The van der Waals surface area contributed by atoms with Crippen LogP contribution in [0.4, 0.5) is 24.5 Å². The molecule has 0 fully saturated rings. The van der Waals surface area contributed by atoms with Crippen LogP contribution in [0.5, 0.6) is 0 Å². The van der Waals surface area contributed by atoms with E-state index in [2.05, 4.69) is 4.98 Å². The van der Waals surface area contributed by atoms with Crippen LogP contribution in [-0.4, -0.2) is 4.92 Å². The lowest BCUT2D eigenvalue weighted by molar-refractivity contribution is -0.385. The maximum Gasteiger partial charge on any atom is 0.424 e. The van der Waals surface area contributed by atoms with E-state index < -0.39 is 28.0 Å². The minimum atomic E-state index is -4.80. The lowest BCUT2D eigenvalue weighted by Gasteiger charge is -2.02. The standard InChI is InChI=1S/C7H3F3N3O2/c8-7(9,10)5-3-4(13(14)15)1-2-6(5)12-11/h1-3H/q+1. The van der Waals surface area contributed by atoms with Crippen LogP contribution in [0.15, 0.2) is 18.2 Å². The van der Waals surface area contributed by atoms with Gasteiger partial charge in [-0.15, -0.1) is 0 Å². The van der Waals surface area contributed by atoms with Crippen LogP contribution in [0.2, 0.25) is 0 Å². The van der Waals surface area contributed by atoms with Gasteiger partial charge in [0.15, 0.2) is 10.5 Å². The van der Waals surface area contributed by atoms with E-state index in [-0.39, 0.29) is 0 Å². The SMILES string of the molecule is N#[N+]c1ccc([N+](=O)[O-])cc1C(F)(F)F. The summed E-state index contributed by atoms with van der Waals surface area (Å²) in [4.78, 5) is 11.7. The summed E-state index contributed by atoms with van der Waals surface area (Å²) in [7, 11) is 0. The van der Waals surface area contributed by atoms with Crippen LogP contribution in [0.25, 0.3) is 4.98 Å². The third-order valence-corrected chi connectivity index (χ3v) is 1.60. The lowest BCUT2D eigenvalue weighted by Crippen LogP contribution is -2.05.